The zero-order valence-corrected chi connectivity index (χ0v) is 47.4. The fourth-order valence-corrected chi connectivity index (χ4v) is 6.81. The number of rotatable bonds is 8. The average Bonchev–Trinajstić information content (AvgIpc) is 3.28. The Morgan fingerprint density at radius 2 is 0.500 bits per heavy atom. The van der Waals surface area contributed by atoms with Crippen molar-refractivity contribution < 1.29 is 96.7 Å². The number of carboxylic acid groups (broad SMARTS) is 4. The van der Waals surface area contributed by atoms with Crippen molar-refractivity contribution in [2.24, 2.45) is 0 Å². The Morgan fingerprint density at radius 3 is 0.618 bits per heavy atom. The van der Waals surface area contributed by atoms with E-state index in [9.17, 15) is 19.2 Å². The third-order valence-electron chi connectivity index (χ3n) is 10.1. The number of carboxylic acids is 4. The van der Waals surface area contributed by atoms with Crippen LogP contribution in [0.1, 0.15) is 109 Å². The fourth-order valence-electron chi connectivity index (χ4n) is 6.81. The molecule has 28 heteroatoms. The molecule has 4 saturated heterocycles. The van der Waals surface area contributed by atoms with Gasteiger partial charge in [0.1, 0.15) is 22.4 Å². The number of carbonyl (C=O) groups is 8. The summed E-state index contributed by atoms with van der Waals surface area (Å²) in [6.45, 7) is 28.8. The quantitative estimate of drug-likeness (QED) is 0.122. The molecule has 8 atom stereocenters. The summed E-state index contributed by atoms with van der Waals surface area (Å²) in [6, 6.07) is 0.115. The predicted molar refractivity (Wildman–Crippen MR) is 276 cm³/mol. The number of nitrogens with one attached hydrogen (secondary N) is 8. The number of piperidine rings is 4. The third-order valence-corrected chi connectivity index (χ3v) is 10.1. The fraction of sp³-hybridized carbons (Fsp3) is 0.833. The summed E-state index contributed by atoms with van der Waals surface area (Å²) in [5.41, 5.74) is -1.84. The minimum absolute atomic E-state index is 0.0151. The Bertz CT molecular complexity index is 1500. The lowest BCUT2D eigenvalue weighted by molar-refractivity contribution is -0.159. The van der Waals surface area contributed by atoms with E-state index in [1.54, 1.807) is 28.4 Å². The molecule has 4 rings (SSSR count). The van der Waals surface area contributed by atoms with Crippen LogP contribution in [0.5, 0.6) is 0 Å². The van der Waals surface area contributed by atoms with Crippen LogP contribution in [0.15, 0.2) is 0 Å². The maximum Gasteiger partial charge on any atom is 0.414 e. The molecule has 4 heterocycles. The van der Waals surface area contributed by atoms with E-state index < -0.39 is 46.3 Å². The average molecular weight is 1100 g/mol. The van der Waals surface area contributed by atoms with Crippen molar-refractivity contribution in [2.45, 2.75) is 180 Å². The first kappa shape index (κ1) is 72.7. The van der Waals surface area contributed by atoms with Gasteiger partial charge in [0.2, 0.25) is 0 Å². The second-order valence-corrected chi connectivity index (χ2v) is 21.3. The molecule has 76 heavy (non-hydrogen) atoms. The molecule has 12 N–H and O–H groups in total. The van der Waals surface area contributed by atoms with Crippen molar-refractivity contribution in [3.8, 4) is 0 Å². The second kappa shape index (κ2) is 36.6. The number of alkyl carbamates (subject to hydrolysis) is 4. The first-order valence-corrected chi connectivity index (χ1v) is 24.8. The van der Waals surface area contributed by atoms with E-state index in [1.165, 1.54) is 0 Å². The highest BCUT2D eigenvalue weighted by Gasteiger charge is 2.31. The van der Waals surface area contributed by atoms with Gasteiger partial charge in [-0.15, -0.1) is 0 Å². The van der Waals surface area contributed by atoms with Crippen LogP contribution in [0.3, 0.4) is 0 Å². The summed E-state index contributed by atoms with van der Waals surface area (Å²) in [4.78, 5) is 82.7. The van der Waals surface area contributed by atoms with E-state index in [0.717, 1.165) is 78.0 Å². The molecule has 0 aromatic carbocycles. The lowest BCUT2D eigenvalue weighted by Gasteiger charge is -2.32. The third kappa shape index (κ3) is 38.2. The Balaban J connectivity index is 0. The summed E-state index contributed by atoms with van der Waals surface area (Å²) >= 11 is 0. The van der Waals surface area contributed by atoms with Crippen molar-refractivity contribution in [3.05, 3.63) is 0 Å². The molecule has 4 amide bonds. The standard InChI is InChI=1S/4C11H22N2O3.2C2H2O4/c4*1-11(2,3)16-10(14)13-8-5-6-12-7-9(8)15-4;2*3-1(4)2(5)6/h4*8-9,12H,5-7H2,1-4H3,(H,13,14);2*(H,3,4)(H,5,6)/t4*8-,9+;;/m1100../s1. The Labute approximate surface area is 447 Å². The first-order chi connectivity index (χ1) is 35.0. The second-order valence-electron chi connectivity index (χ2n) is 21.3. The lowest BCUT2D eigenvalue weighted by Crippen LogP contribution is -2.54. The van der Waals surface area contributed by atoms with Gasteiger partial charge in [0.15, 0.2) is 0 Å². The topological polar surface area (TPSA) is 388 Å². The van der Waals surface area contributed by atoms with Crippen molar-refractivity contribution >= 4 is 48.3 Å². The number of amides is 4. The Morgan fingerprint density at radius 1 is 0.342 bits per heavy atom. The van der Waals surface area contributed by atoms with Gasteiger partial charge >= 0.3 is 48.3 Å². The van der Waals surface area contributed by atoms with Gasteiger partial charge in [0, 0.05) is 54.6 Å². The van der Waals surface area contributed by atoms with Crippen molar-refractivity contribution in [1.82, 2.24) is 42.5 Å². The Kier molecular flexibility index (Phi) is 35.0. The van der Waals surface area contributed by atoms with Gasteiger partial charge < -0.3 is 101 Å². The van der Waals surface area contributed by atoms with E-state index in [1.807, 2.05) is 83.1 Å². The molecule has 0 aromatic rings. The van der Waals surface area contributed by atoms with Crippen molar-refractivity contribution in [2.75, 3.05) is 80.8 Å². The molecule has 0 bridgehead atoms. The van der Waals surface area contributed by atoms with Gasteiger partial charge in [-0.25, -0.2) is 38.4 Å². The van der Waals surface area contributed by atoms with Gasteiger partial charge in [-0.1, -0.05) is 0 Å². The molecule has 0 unspecified atom stereocenters. The molecule has 0 aliphatic carbocycles. The number of ether oxygens (including phenoxy) is 8. The monoisotopic (exact) mass is 1100 g/mol. The normalized spacial score (nSPS) is 23.3. The highest BCUT2D eigenvalue weighted by molar-refractivity contribution is 6.27. The minimum atomic E-state index is -1.82. The molecule has 0 aromatic heterocycles. The molecule has 0 saturated carbocycles. The number of hydrogen-bond acceptors (Lipinski definition) is 20. The van der Waals surface area contributed by atoms with Crippen LogP contribution in [0, 0.1) is 0 Å². The molecular formula is C48H92N8O20. The molecular weight excluding hydrogens is 1010 g/mol. The van der Waals surface area contributed by atoms with Gasteiger partial charge in [-0.05, 0) is 135 Å². The zero-order chi connectivity index (χ0) is 59.0. The van der Waals surface area contributed by atoms with Gasteiger partial charge in [-0.3, -0.25) is 0 Å². The van der Waals surface area contributed by atoms with Crippen LogP contribution in [-0.2, 0) is 57.1 Å². The molecule has 4 aliphatic heterocycles. The summed E-state index contributed by atoms with van der Waals surface area (Å²) in [5, 5.41) is 53.8. The van der Waals surface area contributed by atoms with Gasteiger partial charge in [-0.2, -0.15) is 0 Å². The molecule has 4 aliphatic rings. The summed E-state index contributed by atoms with van der Waals surface area (Å²) in [7, 11) is 6.62. The lowest BCUT2D eigenvalue weighted by atomic mass is 10.0. The number of carbonyl (C=O) groups excluding carboxylic acids is 4. The highest BCUT2D eigenvalue weighted by atomic mass is 16.6. The molecule has 28 nitrogen and oxygen atoms in total. The van der Waals surface area contributed by atoms with Gasteiger partial charge in [0.05, 0.1) is 48.6 Å². The van der Waals surface area contributed by atoms with E-state index in [2.05, 4.69) is 42.5 Å². The minimum Gasteiger partial charge on any atom is -0.473 e. The van der Waals surface area contributed by atoms with Crippen molar-refractivity contribution in [3.63, 3.8) is 0 Å². The predicted octanol–water partition coefficient (Wildman–Crippen LogP) is 1.86. The molecule has 0 radical (unpaired) electrons. The van der Waals surface area contributed by atoms with Crippen LogP contribution in [0.2, 0.25) is 0 Å². The van der Waals surface area contributed by atoms with Crippen LogP contribution >= 0.6 is 0 Å². The summed E-state index contributed by atoms with van der Waals surface area (Å²) < 4.78 is 42.0. The Hall–Kier alpha value is -5.36. The zero-order valence-electron chi connectivity index (χ0n) is 47.4. The van der Waals surface area contributed by atoms with E-state index in [-0.39, 0.29) is 73.0 Å². The summed E-state index contributed by atoms with van der Waals surface area (Å²) in [5.74, 6) is -7.30. The van der Waals surface area contributed by atoms with E-state index >= 15 is 0 Å². The number of methoxy groups -OCH3 is 4. The van der Waals surface area contributed by atoms with Crippen molar-refractivity contribution in [1.29, 1.82) is 0 Å². The summed E-state index contributed by atoms with van der Waals surface area (Å²) in [6.07, 6.45) is 2.00. The molecule has 4 fully saturated rings. The SMILES string of the molecule is CO[C@@H]1CNCC[C@@H]1NC(=O)OC(C)(C)C.CO[C@@H]1CNCC[C@@H]1NC(=O)OC(C)(C)C.CO[C@H]1CNCC[C@H]1NC(=O)OC(C)(C)C.CO[C@H]1CNCC[C@H]1NC(=O)OC(C)(C)C.O=C(O)C(=O)O.O=C(O)C(=O)O. The largest absolute Gasteiger partial charge is 0.473 e. The number of aliphatic carboxylic acids is 4. The van der Waals surface area contributed by atoms with E-state index in [4.69, 9.17) is 77.5 Å². The van der Waals surface area contributed by atoms with Crippen LogP contribution in [0.4, 0.5) is 19.2 Å². The van der Waals surface area contributed by atoms with Crippen LogP contribution in [-0.4, -0.2) is 220 Å². The van der Waals surface area contributed by atoms with Gasteiger partial charge in [0.25, 0.3) is 0 Å². The highest BCUT2D eigenvalue weighted by Crippen LogP contribution is 2.14. The first-order valence-electron chi connectivity index (χ1n) is 24.8. The molecule has 444 valence electrons. The van der Waals surface area contributed by atoms with Crippen LogP contribution in [0.25, 0.3) is 0 Å². The number of hydrogen-bond donors (Lipinski definition) is 12. The maximum absolute atomic E-state index is 11.6. The van der Waals surface area contributed by atoms with Crippen LogP contribution < -0.4 is 42.5 Å². The maximum atomic E-state index is 11.6. The smallest absolute Gasteiger partial charge is 0.414 e. The van der Waals surface area contributed by atoms with E-state index in [0.29, 0.717) is 0 Å². The molecule has 0 spiro atoms.